The van der Waals surface area contributed by atoms with Crippen LogP contribution in [0.25, 0.3) is 0 Å². The quantitative estimate of drug-likeness (QED) is 0.844. The Morgan fingerprint density at radius 1 is 1.38 bits per heavy atom. The van der Waals surface area contributed by atoms with Crippen LogP contribution < -0.4 is 0 Å². The minimum absolute atomic E-state index is 0.474. The zero-order chi connectivity index (χ0) is 15.5. The van der Waals surface area contributed by atoms with Crippen LogP contribution in [-0.4, -0.2) is 28.6 Å². The van der Waals surface area contributed by atoms with Gasteiger partial charge in [0.1, 0.15) is 5.60 Å². The number of benzene rings is 1. The first-order valence-electron chi connectivity index (χ1n) is 6.61. The van der Waals surface area contributed by atoms with Crippen LogP contribution in [-0.2, 0) is 23.3 Å². The van der Waals surface area contributed by atoms with E-state index >= 15 is 0 Å². The summed E-state index contributed by atoms with van der Waals surface area (Å²) < 4.78 is 7.64. The van der Waals surface area contributed by atoms with Gasteiger partial charge in [0.05, 0.1) is 29.5 Å². The van der Waals surface area contributed by atoms with Crippen LogP contribution in [0.4, 0.5) is 0 Å². The molecular weight excluding hydrogens is 356 g/mol. The van der Waals surface area contributed by atoms with Crippen LogP contribution >= 0.6 is 27.5 Å². The van der Waals surface area contributed by atoms with Crippen molar-refractivity contribution in [1.29, 1.82) is 0 Å². The van der Waals surface area contributed by atoms with E-state index < -0.39 is 5.60 Å². The normalized spacial score (nSPS) is 14.1. The van der Waals surface area contributed by atoms with Gasteiger partial charge in [-0.3, -0.25) is 4.68 Å². The maximum absolute atomic E-state index is 10.9. The zero-order valence-electron chi connectivity index (χ0n) is 12.0. The van der Waals surface area contributed by atoms with Crippen molar-refractivity contribution in [1.82, 2.24) is 9.78 Å². The van der Waals surface area contributed by atoms with Crippen LogP contribution in [0.2, 0.25) is 5.02 Å². The van der Waals surface area contributed by atoms with Crippen molar-refractivity contribution in [3.05, 3.63) is 51.2 Å². The molecule has 2 rings (SSSR count). The first-order valence-corrected chi connectivity index (χ1v) is 7.78. The number of rotatable bonds is 6. The van der Waals surface area contributed by atoms with E-state index in [4.69, 9.17) is 16.3 Å². The number of aliphatic hydroxyl groups is 1. The van der Waals surface area contributed by atoms with Crippen LogP contribution in [0.1, 0.15) is 18.2 Å². The highest BCUT2D eigenvalue weighted by atomic mass is 79.9. The third kappa shape index (κ3) is 4.07. The molecule has 0 aliphatic rings. The molecule has 0 fully saturated rings. The van der Waals surface area contributed by atoms with Crippen molar-refractivity contribution < 1.29 is 9.84 Å². The molecule has 0 aliphatic heterocycles. The van der Waals surface area contributed by atoms with E-state index in [1.807, 2.05) is 24.3 Å². The Morgan fingerprint density at radius 3 is 2.67 bits per heavy atom. The summed E-state index contributed by atoms with van der Waals surface area (Å²) in [6.07, 6.45) is 2.17. The molecule has 2 aromatic rings. The molecule has 6 heteroatoms. The lowest BCUT2D eigenvalue weighted by molar-refractivity contribution is 0.0453. The molecule has 1 atom stereocenters. The molecule has 0 saturated carbocycles. The number of nitrogens with zero attached hydrogens (tertiary/aromatic N) is 2. The van der Waals surface area contributed by atoms with Gasteiger partial charge in [0.25, 0.3) is 0 Å². The molecule has 21 heavy (non-hydrogen) atoms. The predicted molar refractivity (Wildman–Crippen MR) is 86.5 cm³/mol. The van der Waals surface area contributed by atoms with Gasteiger partial charge in [-0.15, -0.1) is 0 Å². The standard InChI is InChI=1S/C15H18BrClN2O2/c1-15(20,9-11-3-5-12(17)6-4-11)14-13(16)10-18-19(14)7-8-21-2/h3-6,10,20H,7-9H2,1-2H3. The van der Waals surface area contributed by atoms with Crippen molar-refractivity contribution in [3.63, 3.8) is 0 Å². The van der Waals surface area contributed by atoms with Gasteiger partial charge in [-0.05, 0) is 40.5 Å². The number of hydrogen-bond acceptors (Lipinski definition) is 3. The van der Waals surface area contributed by atoms with E-state index in [1.165, 1.54) is 0 Å². The fourth-order valence-corrected chi connectivity index (χ4v) is 3.18. The summed E-state index contributed by atoms with van der Waals surface area (Å²) in [4.78, 5) is 0. The molecule has 0 spiro atoms. The maximum Gasteiger partial charge on any atom is 0.109 e. The summed E-state index contributed by atoms with van der Waals surface area (Å²) in [5.41, 5.74) is 0.710. The van der Waals surface area contributed by atoms with Crippen molar-refractivity contribution in [2.45, 2.75) is 25.5 Å². The Labute approximate surface area is 137 Å². The van der Waals surface area contributed by atoms with Crippen LogP contribution in [0.5, 0.6) is 0 Å². The number of aromatic nitrogens is 2. The molecular formula is C15H18BrClN2O2. The van der Waals surface area contributed by atoms with E-state index in [1.54, 1.807) is 24.9 Å². The van der Waals surface area contributed by atoms with Crippen molar-refractivity contribution in [2.24, 2.45) is 0 Å². The summed E-state index contributed by atoms with van der Waals surface area (Å²) >= 11 is 9.36. The third-order valence-corrected chi connectivity index (χ3v) is 4.11. The summed E-state index contributed by atoms with van der Waals surface area (Å²) in [6.45, 7) is 2.92. The van der Waals surface area contributed by atoms with Crippen LogP contribution in [0, 0.1) is 0 Å². The molecule has 0 amide bonds. The molecule has 1 aromatic carbocycles. The van der Waals surface area contributed by atoms with E-state index in [9.17, 15) is 5.11 Å². The summed E-state index contributed by atoms with van der Waals surface area (Å²) in [5.74, 6) is 0. The number of ether oxygens (including phenoxy) is 1. The average molecular weight is 374 g/mol. The molecule has 0 radical (unpaired) electrons. The smallest absolute Gasteiger partial charge is 0.109 e. The number of halogens is 2. The van der Waals surface area contributed by atoms with Gasteiger partial charge in [0.15, 0.2) is 0 Å². The van der Waals surface area contributed by atoms with Crippen LogP contribution in [0.3, 0.4) is 0 Å². The summed E-state index contributed by atoms with van der Waals surface area (Å²) in [6, 6.07) is 7.48. The Bertz CT molecular complexity index is 596. The molecule has 1 N–H and O–H groups in total. The molecule has 0 bridgehead atoms. The molecule has 0 aliphatic carbocycles. The average Bonchev–Trinajstić information content (AvgIpc) is 2.81. The first-order chi connectivity index (χ1) is 9.94. The highest BCUT2D eigenvalue weighted by Gasteiger charge is 2.30. The summed E-state index contributed by atoms with van der Waals surface area (Å²) in [5, 5.41) is 15.9. The van der Waals surface area contributed by atoms with Crippen molar-refractivity contribution in [3.8, 4) is 0 Å². The molecule has 1 aromatic heterocycles. The van der Waals surface area contributed by atoms with Crippen molar-refractivity contribution in [2.75, 3.05) is 13.7 Å². The van der Waals surface area contributed by atoms with E-state index in [0.29, 0.717) is 24.6 Å². The van der Waals surface area contributed by atoms with Crippen LogP contribution in [0.15, 0.2) is 34.9 Å². The molecule has 1 heterocycles. The molecule has 4 nitrogen and oxygen atoms in total. The molecule has 0 saturated heterocycles. The largest absolute Gasteiger partial charge is 0.383 e. The second-order valence-electron chi connectivity index (χ2n) is 5.13. The van der Waals surface area contributed by atoms with E-state index in [-0.39, 0.29) is 0 Å². The van der Waals surface area contributed by atoms with Gasteiger partial charge >= 0.3 is 0 Å². The minimum atomic E-state index is -1.04. The zero-order valence-corrected chi connectivity index (χ0v) is 14.4. The molecule has 114 valence electrons. The highest BCUT2D eigenvalue weighted by molar-refractivity contribution is 9.10. The number of methoxy groups -OCH3 is 1. The van der Waals surface area contributed by atoms with Gasteiger partial charge in [0, 0.05) is 18.6 Å². The Kier molecular flexibility index (Phi) is 5.43. The third-order valence-electron chi connectivity index (χ3n) is 3.27. The second kappa shape index (κ2) is 6.92. The van der Waals surface area contributed by atoms with Crippen molar-refractivity contribution >= 4 is 27.5 Å². The lowest BCUT2D eigenvalue weighted by Gasteiger charge is -2.25. The minimum Gasteiger partial charge on any atom is -0.383 e. The van der Waals surface area contributed by atoms with Gasteiger partial charge in [-0.1, -0.05) is 23.7 Å². The Hall–Kier alpha value is -0.880. The van der Waals surface area contributed by atoms with E-state index in [0.717, 1.165) is 15.7 Å². The fourth-order valence-electron chi connectivity index (χ4n) is 2.33. The maximum atomic E-state index is 10.9. The molecule has 1 unspecified atom stereocenters. The first kappa shape index (κ1) is 16.5. The predicted octanol–water partition coefficient (Wildman–Crippen LogP) is 3.40. The monoisotopic (exact) mass is 372 g/mol. The van der Waals surface area contributed by atoms with Gasteiger partial charge in [-0.25, -0.2) is 0 Å². The van der Waals surface area contributed by atoms with Gasteiger partial charge < -0.3 is 9.84 Å². The Morgan fingerprint density at radius 2 is 2.05 bits per heavy atom. The highest BCUT2D eigenvalue weighted by Crippen LogP contribution is 2.31. The lowest BCUT2D eigenvalue weighted by atomic mass is 9.93. The van der Waals surface area contributed by atoms with Gasteiger partial charge in [-0.2, -0.15) is 5.10 Å². The summed E-state index contributed by atoms with van der Waals surface area (Å²) in [7, 11) is 1.64. The van der Waals surface area contributed by atoms with Gasteiger partial charge in [0.2, 0.25) is 0 Å². The topological polar surface area (TPSA) is 47.3 Å². The number of hydrogen-bond donors (Lipinski definition) is 1. The van der Waals surface area contributed by atoms with E-state index in [2.05, 4.69) is 21.0 Å². The fraction of sp³-hybridized carbons (Fsp3) is 0.400. The Balaban J connectivity index is 2.25. The second-order valence-corrected chi connectivity index (χ2v) is 6.42. The SMILES string of the molecule is COCCn1ncc(Br)c1C(C)(O)Cc1ccc(Cl)cc1. The lowest BCUT2D eigenvalue weighted by Crippen LogP contribution is -2.29.